The second-order valence-electron chi connectivity index (χ2n) is 5.67. The van der Waals surface area contributed by atoms with Crippen molar-refractivity contribution in [2.24, 2.45) is 11.3 Å². The molecule has 2 unspecified atom stereocenters. The number of hydrogen-bond acceptors (Lipinski definition) is 2. The molecular weight excluding hydrogens is 224 g/mol. The van der Waals surface area contributed by atoms with Crippen LogP contribution in [0.4, 0.5) is 0 Å². The lowest BCUT2D eigenvalue weighted by Gasteiger charge is -2.37. The van der Waals surface area contributed by atoms with Gasteiger partial charge in [0.25, 0.3) is 0 Å². The summed E-state index contributed by atoms with van der Waals surface area (Å²) in [5.74, 6) is 0.833. The van der Waals surface area contributed by atoms with E-state index in [9.17, 15) is 4.79 Å². The normalized spacial score (nSPS) is 31.5. The Bertz CT molecular complexity index is 445. The van der Waals surface area contributed by atoms with Crippen molar-refractivity contribution in [1.82, 2.24) is 10.2 Å². The summed E-state index contributed by atoms with van der Waals surface area (Å²) in [6, 6.07) is 10.4. The molecule has 0 aliphatic carbocycles. The molecule has 3 heteroatoms. The molecule has 2 aliphatic rings. The van der Waals surface area contributed by atoms with Gasteiger partial charge in [0.05, 0.1) is 5.41 Å². The van der Waals surface area contributed by atoms with Crippen LogP contribution in [0.2, 0.25) is 0 Å². The van der Waals surface area contributed by atoms with Crippen LogP contribution in [0.15, 0.2) is 30.3 Å². The molecule has 2 fully saturated rings. The molecule has 18 heavy (non-hydrogen) atoms. The first-order valence-electron chi connectivity index (χ1n) is 6.72. The van der Waals surface area contributed by atoms with Crippen molar-refractivity contribution in [3.05, 3.63) is 35.9 Å². The predicted molar refractivity (Wildman–Crippen MR) is 71.2 cm³/mol. The van der Waals surface area contributed by atoms with Crippen LogP contribution in [-0.2, 0) is 11.2 Å². The Labute approximate surface area is 108 Å². The van der Waals surface area contributed by atoms with Gasteiger partial charge in [-0.25, -0.2) is 0 Å². The van der Waals surface area contributed by atoms with Gasteiger partial charge in [-0.05, 0) is 30.9 Å². The Hall–Kier alpha value is -1.35. The molecule has 0 spiro atoms. The topological polar surface area (TPSA) is 32.3 Å². The number of fused-ring (bicyclic) bond motifs is 1. The summed E-state index contributed by atoms with van der Waals surface area (Å²) in [4.78, 5) is 14.5. The minimum absolute atomic E-state index is 0.200. The van der Waals surface area contributed by atoms with Crippen molar-refractivity contribution in [3.8, 4) is 0 Å². The Morgan fingerprint density at radius 3 is 2.94 bits per heavy atom. The quantitative estimate of drug-likeness (QED) is 0.850. The Balaban J connectivity index is 1.92. The number of nitrogens with zero attached hydrogens (tertiary/aromatic N) is 1. The highest BCUT2D eigenvalue weighted by molar-refractivity contribution is 5.86. The number of amides is 1. The summed E-state index contributed by atoms with van der Waals surface area (Å²) < 4.78 is 0. The van der Waals surface area contributed by atoms with E-state index in [1.807, 2.05) is 18.0 Å². The lowest BCUT2D eigenvalue weighted by Crippen LogP contribution is -2.50. The summed E-state index contributed by atoms with van der Waals surface area (Å²) >= 11 is 0. The van der Waals surface area contributed by atoms with E-state index in [0.29, 0.717) is 11.8 Å². The van der Waals surface area contributed by atoms with Crippen LogP contribution >= 0.6 is 0 Å². The number of carbonyl (C=O) groups excluding carboxylic acids is 1. The number of carbonyl (C=O) groups is 1. The van der Waals surface area contributed by atoms with E-state index in [-0.39, 0.29) is 5.41 Å². The molecule has 0 saturated carbocycles. The van der Waals surface area contributed by atoms with E-state index in [4.69, 9.17) is 0 Å². The monoisotopic (exact) mass is 244 g/mol. The van der Waals surface area contributed by atoms with Crippen LogP contribution in [0.5, 0.6) is 0 Å². The average molecular weight is 244 g/mol. The second kappa shape index (κ2) is 4.39. The first kappa shape index (κ1) is 11.7. The summed E-state index contributed by atoms with van der Waals surface area (Å²) in [7, 11) is 1.94. The number of likely N-dealkylation sites (tertiary alicyclic amines) is 1. The number of nitrogens with one attached hydrogen (secondary N) is 1. The number of hydrogen-bond donors (Lipinski definition) is 1. The Morgan fingerprint density at radius 1 is 1.39 bits per heavy atom. The van der Waals surface area contributed by atoms with E-state index >= 15 is 0 Å². The molecule has 2 saturated heterocycles. The van der Waals surface area contributed by atoms with Crippen molar-refractivity contribution in [3.63, 3.8) is 0 Å². The summed E-state index contributed by atoms with van der Waals surface area (Å²) in [6.45, 7) is 2.80. The third-order valence-electron chi connectivity index (χ3n) is 4.52. The molecule has 0 radical (unpaired) electrons. The zero-order valence-corrected chi connectivity index (χ0v) is 10.9. The molecule has 2 heterocycles. The molecule has 0 aromatic heterocycles. The van der Waals surface area contributed by atoms with E-state index < -0.39 is 0 Å². The lowest BCUT2D eigenvalue weighted by molar-refractivity contribution is -0.136. The van der Waals surface area contributed by atoms with Crippen LogP contribution in [0.1, 0.15) is 12.0 Å². The number of rotatable bonds is 2. The van der Waals surface area contributed by atoms with Gasteiger partial charge in [-0.15, -0.1) is 0 Å². The van der Waals surface area contributed by atoms with Crippen LogP contribution in [-0.4, -0.2) is 37.5 Å². The van der Waals surface area contributed by atoms with Crippen LogP contribution < -0.4 is 5.32 Å². The van der Waals surface area contributed by atoms with Gasteiger partial charge >= 0.3 is 0 Å². The maximum atomic E-state index is 12.6. The van der Waals surface area contributed by atoms with Crippen molar-refractivity contribution >= 4 is 5.91 Å². The zero-order valence-electron chi connectivity index (χ0n) is 10.9. The molecule has 2 aliphatic heterocycles. The maximum absolute atomic E-state index is 12.6. The molecule has 0 bridgehead atoms. The standard InChI is InChI=1S/C15H20N2O/c1-17-10-13-7-8-16-11-15(13,14(17)18)9-12-5-3-2-4-6-12/h2-6,13,16H,7-11H2,1H3. The molecular formula is C15H20N2O. The fourth-order valence-corrected chi connectivity index (χ4v) is 3.56. The fourth-order valence-electron chi connectivity index (χ4n) is 3.56. The Morgan fingerprint density at radius 2 is 2.17 bits per heavy atom. The molecule has 1 aromatic rings. The van der Waals surface area contributed by atoms with Gasteiger partial charge in [0, 0.05) is 20.1 Å². The van der Waals surface area contributed by atoms with Gasteiger partial charge in [0.1, 0.15) is 0 Å². The highest BCUT2D eigenvalue weighted by atomic mass is 16.2. The van der Waals surface area contributed by atoms with Gasteiger partial charge in [-0.3, -0.25) is 4.79 Å². The first-order valence-corrected chi connectivity index (χ1v) is 6.72. The number of piperidine rings is 1. The van der Waals surface area contributed by atoms with Crippen LogP contribution in [0.25, 0.3) is 0 Å². The first-order chi connectivity index (χ1) is 8.72. The van der Waals surface area contributed by atoms with Crippen molar-refractivity contribution in [2.75, 3.05) is 26.7 Å². The molecule has 2 atom stereocenters. The Kier molecular flexibility index (Phi) is 2.86. The SMILES string of the molecule is CN1CC2CCNCC2(Cc2ccccc2)C1=O. The van der Waals surface area contributed by atoms with Crippen LogP contribution in [0, 0.1) is 11.3 Å². The second-order valence-corrected chi connectivity index (χ2v) is 5.67. The largest absolute Gasteiger partial charge is 0.345 e. The van der Waals surface area contributed by atoms with E-state index in [1.165, 1.54) is 5.56 Å². The minimum Gasteiger partial charge on any atom is -0.345 e. The van der Waals surface area contributed by atoms with E-state index in [0.717, 1.165) is 32.5 Å². The molecule has 3 rings (SSSR count). The third-order valence-corrected chi connectivity index (χ3v) is 4.52. The lowest BCUT2D eigenvalue weighted by atomic mass is 9.70. The summed E-state index contributed by atoms with van der Waals surface area (Å²) in [5.41, 5.74) is 1.07. The van der Waals surface area contributed by atoms with Gasteiger partial charge < -0.3 is 10.2 Å². The molecule has 1 aromatic carbocycles. The predicted octanol–water partition coefficient (Wildman–Crippen LogP) is 1.30. The maximum Gasteiger partial charge on any atom is 0.230 e. The van der Waals surface area contributed by atoms with E-state index in [2.05, 4.69) is 29.6 Å². The number of benzene rings is 1. The minimum atomic E-state index is -0.200. The van der Waals surface area contributed by atoms with Gasteiger partial charge in [0.2, 0.25) is 5.91 Å². The van der Waals surface area contributed by atoms with Crippen molar-refractivity contribution in [2.45, 2.75) is 12.8 Å². The highest BCUT2D eigenvalue weighted by Crippen LogP contribution is 2.42. The summed E-state index contributed by atoms with van der Waals surface area (Å²) in [6.07, 6.45) is 1.98. The van der Waals surface area contributed by atoms with Crippen molar-refractivity contribution in [1.29, 1.82) is 0 Å². The molecule has 1 N–H and O–H groups in total. The van der Waals surface area contributed by atoms with Crippen molar-refractivity contribution < 1.29 is 4.79 Å². The smallest absolute Gasteiger partial charge is 0.230 e. The fraction of sp³-hybridized carbons (Fsp3) is 0.533. The van der Waals surface area contributed by atoms with Crippen LogP contribution in [0.3, 0.4) is 0 Å². The average Bonchev–Trinajstić information content (AvgIpc) is 2.64. The molecule has 1 amide bonds. The molecule has 96 valence electrons. The van der Waals surface area contributed by atoms with Gasteiger partial charge in [0.15, 0.2) is 0 Å². The van der Waals surface area contributed by atoms with Gasteiger partial charge in [-0.2, -0.15) is 0 Å². The van der Waals surface area contributed by atoms with E-state index in [1.54, 1.807) is 0 Å². The molecule has 3 nitrogen and oxygen atoms in total. The third kappa shape index (κ3) is 1.74. The summed E-state index contributed by atoms with van der Waals surface area (Å²) in [5, 5.41) is 3.42. The zero-order chi connectivity index (χ0) is 12.6. The highest BCUT2D eigenvalue weighted by Gasteiger charge is 2.53. The van der Waals surface area contributed by atoms with Gasteiger partial charge in [-0.1, -0.05) is 30.3 Å².